The molecule has 1 aromatic heterocycles. The SMILES string of the molecule is O=S(=O)(Nc1cccc(F)n1)c1cc(Cl)c(CN2CCCC[C@H]2c2ccccc2)cc1F. The molecule has 1 fully saturated rings. The number of pyridine rings is 1. The number of nitrogens with one attached hydrogen (secondary N) is 1. The second-order valence-corrected chi connectivity index (χ2v) is 9.78. The first kappa shape index (κ1) is 22.6. The van der Waals surface area contributed by atoms with Gasteiger partial charge < -0.3 is 0 Å². The molecule has 0 bridgehead atoms. The highest BCUT2D eigenvalue weighted by Gasteiger charge is 2.27. The summed E-state index contributed by atoms with van der Waals surface area (Å²) in [7, 11) is -4.34. The van der Waals surface area contributed by atoms with E-state index >= 15 is 0 Å². The first-order chi connectivity index (χ1) is 15.3. The molecule has 0 radical (unpaired) electrons. The number of likely N-dealkylation sites (tertiary alicyclic amines) is 1. The van der Waals surface area contributed by atoms with Crippen LogP contribution in [0.5, 0.6) is 0 Å². The molecule has 168 valence electrons. The van der Waals surface area contributed by atoms with Gasteiger partial charge in [0.2, 0.25) is 5.95 Å². The van der Waals surface area contributed by atoms with Crippen molar-refractivity contribution >= 4 is 27.4 Å². The third-order valence-corrected chi connectivity index (χ3v) is 7.24. The predicted octanol–water partition coefficient (Wildman–Crippen LogP) is 5.54. The van der Waals surface area contributed by atoms with E-state index in [1.807, 2.05) is 18.2 Å². The third kappa shape index (κ3) is 5.09. The van der Waals surface area contributed by atoms with Gasteiger partial charge in [-0.05, 0) is 54.8 Å². The lowest BCUT2D eigenvalue weighted by molar-refractivity contribution is 0.140. The van der Waals surface area contributed by atoms with Gasteiger partial charge in [-0.2, -0.15) is 4.39 Å². The van der Waals surface area contributed by atoms with E-state index < -0.39 is 26.7 Å². The van der Waals surface area contributed by atoms with Crippen LogP contribution in [0, 0.1) is 11.8 Å². The van der Waals surface area contributed by atoms with Crippen molar-refractivity contribution in [2.45, 2.75) is 36.7 Å². The van der Waals surface area contributed by atoms with Crippen molar-refractivity contribution in [2.24, 2.45) is 0 Å². The smallest absolute Gasteiger partial charge is 0.266 e. The van der Waals surface area contributed by atoms with E-state index in [9.17, 15) is 17.2 Å². The molecule has 0 amide bonds. The van der Waals surface area contributed by atoms with Crippen molar-refractivity contribution in [3.8, 4) is 0 Å². The van der Waals surface area contributed by atoms with Crippen molar-refractivity contribution in [1.29, 1.82) is 0 Å². The van der Waals surface area contributed by atoms with E-state index in [1.165, 1.54) is 17.7 Å². The summed E-state index contributed by atoms with van der Waals surface area (Å²) in [6.45, 7) is 1.23. The van der Waals surface area contributed by atoms with Gasteiger partial charge >= 0.3 is 0 Å². The maximum absolute atomic E-state index is 14.9. The quantitative estimate of drug-likeness (QED) is 0.473. The average molecular weight is 478 g/mol. The molecule has 2 heterocycles. The van der Waals surface area contributed by atoms with Gasteiger partial charge in [-0.25, -0.2) is 17.8 Å². The number of rotatable bonds is 6. The first-order valence-corrected chi connectivity index (χ1v) is 12.1. The summed E-state index contributed by atoms with van der Waals surface area (Å²) in [5.41, 5.74) is 1.70. The molecule has 0 unspecified atom stereocenters. The molecule has 2 aromatic carbocycles. The zero-order chi connectivity index (χ0) is 22.7. The number of benzene rings is 2. The Hall–Kier alpha value is -2.55. The van der Waals surface area contributed by atoms with Crippen LogP contribution in [0.4, 0.5) is 14.6 Å². The van der Waals surface area contributed by atoms with Crippen LogP contribution in [0.3, 0.4) is 0 Å². The molecule has 5 nitrogen and oxygen atoms in total. The summed E-state index contributed by atoms with van der Waals surface area (Å²) in [6.07, 6.45) is 3.12. The number of hydrogen-bond acceptors (Lipinski definition) is 4. The monoisotopic (exact) mass is 477 g/mol. The Bertz CT molecular complexity index is 1210. The fraction of sp³-hybridized carbons (Fsp3) is 0.261. The van der Waals surface area contributed by atoms with E-state index in [-0.39, 0.29) is 16.9 Å². The number of halogens is 3. The molecule has 0 spiro atoms. The Balaban J connectivity index is 1.58. The molecule has 1 N–H and O–H groups in total. The van der Waals surface area contributed by atoms with Crippen molar-refractivity contribution in [3.63, 3.8) is 0 Å². The van der Waals surface area contributed by atoms with Crippen molar-refractivity contribution < 1.29 is 17.2 Å². The molecule has 1 aliphatic heterocycles. The molecule has 0 aliphatic carbocycles. The molecule has 1 atom stereocenters. The number of nitrogens with zero attached hydrogens (tertiary/aromatic N) is 2. The zero-order valence-electron chi connectivity index (χ0n) is 17.1. The second-order valence-electron chi connectivity index (χ2n) is 7.72. The van der Waals surface area contributed by atoms with Gasteiger partial charge in [-0.1, -0.05) is 54.4 Å². The molecule has 4 rings (SSSR count). The normalized spacial score (nSPS) is 17.3. The Morgan fingerprint density at radius 2 is 1.84 bits per heavy atom. The number of hydrogen-bond donors (Lipinski definition) is 1. The third-order valence-electron chi connectivity index (χ3n) is 5.52. The first-order valence-electron chi connectivity index (χ1n) is 10.3. The van der Waals surface area contributed by atoms with E-state index in [0.29, 0.717) is 12.1 Å². The largest absolute Gasteiger partial charge is 0.292 e. The highest BCUT2D eigenvalue weighted by atomic mass is 35.5. The van der Waals surface area contributed by atoms with Crippen LogP contribution in [-0.2, 0) is 16.6 Å². The lowest BCUT2D eigenvalue weighted by Crippen LogP contribution is -2.33. The Kier molecular flexibility index (Phi) is 6.74. The maximum Gasteiger partial charge on any atom is 0.266 e. The van der Waals surface area contributed by atoms with Gasteiger partial charge in [-0.3, -0.25) is 9.62 Å². The van der Waals surface area contributed by atoms with Crippen LogP contribution in [0.25, 0.3) is 0 Å². The minimum Gasteiger partial charge on any atom is -0.292 e. The topological polar surface area (TPSA) is 62.3 Å². The Morgan fingerprint density at radius 1 is 1.06 bits per heavy atom. The fourth-order valence-corrected chi connectivity index (χ4v) is 5.38. The number of aromatic nitrogens is 1. The van der Waals surface area contributed by atoms with Gasteiger partial charge in [0, 0.05) is 17.6 Å². The molecular weight excluding hydrogens is 456 g/mol. The predicted molar refractivity (Wildman–Crippen MR) is 120 cm³/mol. The summed E-state index contributed by atoms with van der Waals surface area (Å²) in [5.74, 6) is -2.03. The van der Waals surface area contributed by atoms with E-state index in [2.05, 4.69) is 26.7 Å². The van der Waals surface area contributed by atoms with Crippen LogP contribution >= 0.6 is 11.6 Å². The highest BCUT2D eigenvalue weighted by molar-refractivity contribution is 7.92. The second kappa shape index (κ2) is 9.52. The van der Waals surface area contributed by atoms with Crippen LogP contribution in [-0.4, -0.2) is 24.8 Å². The molecular formula is C23H22ClF2N3O2S. The van der Waals surface area contributed by atoms with Gasteiger partial charge in [0.1, 0.15) is 16.5 Å². The minimum atomic E-state index is -4.34. The zero-order valence-corrected chi connectivity index (χ0v) is 18.7. The van der Waals surface area contributed by atoms with Crippen LogP contribution in [0.15, 0.2) is 65.6 Å². The van der Waals surface area contributed by atoms with Gasteiger partial charge in [0.15, 0.2) is 0 Å². The standard InChI is InChI=1S/C23H22ClF2N3O2S/c24-18-14-21(32(30,31)28-23-11-6-10-22(26)27-23)19(25)13-17(18)15-29-12-5-4-9-20(29)16-7-2-1-3-8-16/h1-3,6-8,10-11,13-14,20H,4-5,9,12,15H2,(H,27,28)/t20-/m0/s1. The van der Waals surface area contributed by atoms with Crippen LogP contribution < -0.4 is 4.72 Å². The fourth-order valence-electron chi connectivity index (χ4n) is 4.01. The Morgan fingerprint density at radius 3 is 2.59 bits per heavy atom. The minimum absolute atomic E-state index is 0.149. The number of anilines is 1. The summed E-state index contributed by atoms with van der Waals surface area (Å²) in [4.78, 5) is 5.07. The molecule has 0 saturated carbocycles. The lowest BCUT2D eigenvalue weighted by atomic mass is 9.94. The van der Waals surface area contributed by atoms with E-state index in [1.54, 1.807) is 0 Å². The van der Waals surface area contributed by atoms with Crippen molar-refractivity contribution in [2.75, 3.05) is 11.3 Å². The summed E-state index contributed by atoms with van der Waals surface area (Å²) >= 11 is 6.39. The van der Waals surface area contributed by atoms with Crippen molar-refractivity contribution in [1.82, 2.24) is 9.88 Å². The molecule has 3 aromatic rings. The van der Waals surface area contributed by atoms with Crippen LogP contribution in [0.1, 0.15) is 36.4 Å². The molecule has 32 heavy (non-hydrogen) atoms. The van der Waals surface area contributed by atoms with E-state index in [0.717, 1.165) is 44.0 Å². The lowest BCUT2D eigenvalue weighted by Gasteiger charge is -2.36. The summed E-state index contributed by atoms with van der Waals surface area (Å²) in [5, 5.41) is 0.149. The van der Waals surface area contributed by atoms with E-state index in [4.69, 9.17) is 11.6 Å². The van der Waals surface area contributed by atoms with Crippen molar-refractivity contribution in [3.05, 3.63) is 88.6 Å². The summed E-state index contributed by atoms with van der Waals surface area (Å²) < 4.78 is 55.5. The van der Waals surface area contributed by atoms with Gasteiger partial charge in [-0.15, -0.1) is 0 Å². The maximum atomic E-state index is 14.9. The average Bonchev–Trinajstić information content (AvgIpc) is 2.76. The van der Waals surface area contributed by atoms with Gasteiger partial charge in [0.25, 0.3) is 10.0 Å². The number of piperidine rings is 1. The summed E-state index contributed by atoms with van der Waals surface area (Å²) in [6, 6.07) is 16.2. The molecule has 1 aliphatic rings. The number of sulfonamides is 1. The van der Waals surface area contributed by atoms with Gasteiger partial charge in [0.05, 0.1) is 0 Å². The van der Waals surface area contributed by atoms with Crippen LogP contribution in [0.2, 0.25) is 5.02 Å². The molecule has 1 saturated heterocycles. The molecule has 9 heteroatoms. The Labute approximate surface area is 191 Å². The highest BCUT2D eigenvalue weighted by Crippen LogP contribution is 2.34.